The van der Waals surface area contributed by atoms with Gasteiger partial charge in [-0.3, -0.25) is 4.79 Å². The van der Waals surface area contributed by atoms with E-state index >= 15 is 0 Å². The molecule has 26 heavy (non-hydrogen) atoms. The molecule has 0 saturated carbocycles. The van der Waals surface area contributed by atoms with E-state index in [4.69, 9.17) is 14.0 Å². The molecule has 0 aliphatic carbocycles. The van der Waals surface area contributed by atoms with Crippen molar-refractivity contribution in [1.29, 1.82) is 0 Å². The normalized spacial score (nSPS) is 12.5. The predicted molar refractivity (Wildman–Crippen MR) is 91.9 cm³/mol. The number of anilines is 3. The van der Waals surface area contributed by atoms with Crippen LogP contribution in [0.2, 0.25) is 0 Å². The van der Waals surface area contributed by atoms with Crippen LogP contribution in [0, 0.1) is 6.92 Å². The molecule has 2 aromatic heterocycles. The van der Waals surface area contributed by atoms with Gasteiger partial charge in [0, 0.05) is 17.8 Å². The standard InChI is InChI=1S/C17H15N5O4/c1-10-6-15(22-26-10)21-17(23)12-8-19-16(9-18-12)20-11-2-3-13-14(7-11)25-5-4-24-13/h2-3,6-9H,4-5H2,1H3,(H,19,20)(H,21,22,23). The van der Waals surface area contributed by atoms with Gasteiger partial charge >= 0.3 is 0 Å². The summed E-state index contributed by atoms with van der Waals surface area (Å²) in [5, 5.41) is 9.39. The van der Waals surface area contributed by atoms with Crippen LogP contribution >= 0.6 is 0 Å². The summed E-state index contributed by atoms with van der Waals surface area (Å²) < 4.78 is 15.9. The van der Waals surface area contributed by atoms with Gasteiger partial charge in [0.15, 0.2) is 17.3 Å². The minimum absolute atomic E-state index is 0.165. The zero-order valence-electron chi connectivity index (χ0n) is 13.9. The molecule has 0 saturated heterocycles. The van der Waals surface area contributed by atoms with Gasteiger partial charge < -0.3 is 24.6 Å². The van der Waals surface area contributed by atoms with Crippen LogP contribution in [-0.4, -0.2) is 34.2 Å². The van der Waals surface area contributed by atoms with E-state index < -0.39 is 5.91 Å². The first-order valence-electron chi connectivity index (χ1n) is 7.91. The van der Waals surface area contributed by atoms with Gasteiger partial charge in [-0.25, -0.2) is 9.97 Å². The van der Waals surface area contributed by atoms with Crippen molar-refractivity contribution in [2.24, 2.45) is 0 Å². The lowest BCUT2D eigenvalue weighted by atomic mass is 10.2. The molecule has 132 valence electrons. The number of aromatic nitrogens is 3. The van der Waals surface area contributed by atoms with Crippen molar-refractivity contribution < 1.29 is 18.8 Å². The highest BCUT2D eigenvalue weighted by molar-refractivity contribution is 6.02. The van der Waals surface area contributed by atoms with E-state index in [0.717, 1.165) is 5.69 Å². The van der Waals surface area contributed by atoms with E-state index in [9.17, 15) is 4.79 Å². The minimum atomic E-state index is -0.420. The average Bonchev–Trinajstić information content (AvgIpc) is 3.07. The second-order valence-electron chi connectivity index (χ2n) is 5.55. The van der Waals surface area contributed by atoms with Crippen molar-refractivity contribution in [1.82, 2.24) is 15.1 Å². The molecule has 4 rings (SSSR count). The Balaban J connectivity index is 1.43. The molecule has 0 bridgehead atoms. The molecule has 0 atom stereocenters. The Morgan fingerprint density at radius 3 is 2.62 bits per heavy atom. The van der Waals surface area contributed by atoms with Crippen molar-refractivity contribution in [3.8, 4) is 11.5 Å². The highest BCUT2D eigenvalue weighted by Crippen LogP contribution is 2.33. The number of nitrogens with one attached hydrogen (secondary N) is 2. The molecule has 2 N–H and O–H groups in total. The largest absolute Gasteiger partial charge is 0.486 e. The zero-order chi connectivity index (χ0) is 17.9. The fourth-order valence-corrected chi connectivity index (χ4v) is 2.38. The molecule has 3 heterocycles. The van der Waals surface area contributed by atoms with Crippen molar-refractivity contribution in [2.75, 3.05) is 23.8 Å². The molecule has 0 fully saturated rings. The summed E-state index contributed by atoms with van der Waals surface area (Å²) in [5.41, 5.74) is 0.942. The fourth-order valence-electron chi connectivity index (χ4n) is 2.38. The summed E-state index contributed by atoms with van der Waals surface area (Å²) in [6, 6.07) is 7.11. The molecular weight excluding hydrogens is 338 g/mol. The van der Waals surface area contributed by atoms with Crippen LogP contribution in [0.5, 0.6) is 11.5 Å². The molecule has 1 aliphatic heterocycles. The van der Waals surface area contributed by atoms with Crippen molar-refractivity contribution in [3.63, 3.8) is 0 Å². The first kappa shape index (κ1) is 15.9. The molecular formula is C17H15N5O4. The van der Waals surface area contributed by atoms with E-state index in [2.05, 4.69) is 25.8 Å². The topological polar surface area (TPSA) is 111 Å². The lowest BCUT2D eigenvalue weighted by Gasteiger charge is -2.19. The van der Waals surface area contributed by atoms with E-state index in [-0.39, 0.29) is 5.69 Å². The monoisotopic (exact) mass is 353 g/mol. The number of nitrogens with zero attached hydrogens (tertiary/aromatic N) is 3. The summed E-state index contributed by atoms with van der Waals surface area (Å²) in [6.45, 7) is 2.80. The first-order valence-corrected chi connectivity index (χ1v) is 7.91. The second kappa shape index (κ2) is 6.71. The van der Waals surface area contributed by atoms with Crippen LogP contribution in [0.25, 0.3) is 0 Å². The SMILES string of the molecule is Cc1cc(NC(=O)c2cnc(Nc3ccc4c(c3)OCCO4)cn2)no1. The Morgan fingerprint density at radius 2 is 1.88 bits per heavy atom. The molecule has 0 radical (unpaired) electrons. The lowest BCUT2D eigenvalue weighted by Crippen LogP contribution is -2.15. The van der Waals surface area contributed by atoms with E-state index in [1.54, 1.807) is 13.0 Å². The van der Waals surface area contributed by atoms with Crippen LogP contribution in [-0.2, 0) is 0 Å². The average molecular weight is 353 g/mol. The Morgan fingerprint density at radius 1 is 1.04 bits per heavy atom. The smallest absolute Gasteiger partial charge is 0.277 e. The van der Waals surface area contributed by atoms with Crippen LogP contribution in [0.1, 0.15) is 16.2 Å². The maximum atomic E-state index is 12.1. The summed E-state index contributed by atoms with van der Waals surface area (Å²) >= 11 is 0. The van der Waals surface area contributed by atoms with Crippen molar-refractivity contribution in [2.45, 2.75) is 6.92 Å². The Labute approximate surface area is 148 Å². The minimum Gasteiger partial charge on any atom is -0.486 e. The summed E-state index contributed by atoms with van der Waals surface area (Å²) in [7, 11) is 0. The summed E-state index contributed by atoms with van der Waals surface area (Å²) in [6.07, 6.45) is 2.85. The van der Waals surface area contributed by atoms with Gasteiger partial charge in [0.2, 0.25) is 0 Å². The highest BCUT2D eigenvalue weighted by atomic mass is 16.6. The Hall–Kier alpha value is -3.62. The van der Waals surface area contributed by atoms with Gasteiger partial charge in [0.25, 0.3) is 5.91 Å². The predicted octanol–water partition coefficient (Wildman–Crippen LogP) is 2.54. The fraction of sp³-hybridized carbons (Fsp3) is 0.176. The molecule has 9 heteroatoms. The number of benzene rings is 1. The molecule has 0 unspecified atom stereocenters. The van der Waals surface area contributed by atoms with Gasteiger partial charge in [-0.15, -0.1) is 0 Å². The number of fused-ring (bicyclic) bond motifs is 1. The number of amides is 1. The van der Waals surface area contributed by atoms with Crippen molar-refractivity contribution in [3.05, 3.63) is 48.1 Å². The number of carbonyl (C=O) groups excluding carboxylic acids is 1. The molecule has 1 aromatic carbocycles. The highest BCUT2D eigenvalue weighted by Gasteiger charge is 2.13. The molecule has 3 aromatic rings. The molecule has 0 spiro atoms. The zero-order valence-corrected chi connectivity index (χ0v) is 13.9. The molecule has 9 nitrogen and oxygen atoms in total. The van der Waals surface area contributed by atoms with Gasteiger partial charge in [-0.2, -0.15) is 0 Å². The van der Waals surface area contributed by atoms with E-state index in [1.165, 1.54) is 12.4 Å². The van der Waals surface area contributed by atoms with Gasteiger partial charge in [0.1, 0.15) is 30.5 Å². The number of carbonyl (C=O) groups is 1. The van der Waals surface area contributed by atoms with Gasteiger partial charge in [0.05, 0.1) is 12.4 Å². The lowest BCUT2D eigenvalue weighted by molar-refractivity contribution is 0.102. The van der Waals surface area contributed by atoms with Crippen LogP contribution in [0.3, 0.4) is 0 Å². The van der Waals surface area contributed by atoms with Crippen LogP contribution in [0.15, 0.2) is 41.2 Å². The third kappa shape index (κ3) is 3.41. The molecule has 1 amide bonds. The van der Waals surface area contributed by atoms with Crippen LogP contribution in [0.4, 0.5) is 17.3 Å². The first-order chi connectivity index (χ1) is 12.7. The van der Waals surface area contributed by atoms with Crippen LogP contribution < -0.4 is 20.1 Å². The quantitative estimate of drug-likeness (QED) is 0.736. The van der Waals surface area contributed by atoms with Crippen molar-refractivity contribution >= 4 is 23.2 Å². The van der Waals surface area contributed by atoms with Gasteiger partial charge in [-0.05, 0) is 19.1 Å². The maximum Gasteiger partial charge on any atom is 0.277 e. The van der Waals surface area contributed by atoms with E-state index in [1.807, 2.05) is 18.2 Å². The molecule has 1 aliphatic rings. The Kier molecular flexibility index (Phi) is 4.10. The Bertz CT molecular complexity index is 939. The number of ether oxygens (including phenoxy) is 2. The van der Waals surface area contributed by atoms with E-state index in [0.29, 0.717) is 42.1 Å². The number of rotatable bonds is 4. The number of aryl methyl sites for hydroxylation is 1. The summed E-state index contributed by atoms with van der Waals surface area (Å²) in [4.78, 5) is 20.4. The maximum absolute atomic E-state index is 12.1. The number of hydrogen-bond acceptors (Lipinski definition) is 8. The van der Waals surface area contributed by atoms with Gasteiger partial charge in [-0.1, -0.05) is 5.16 Å². The summed E-state index contributed by atoms with van der Waals surface area (Å²) in [5.74, 6) is 2.39. The second-order valence-corrected chi connectivity index (χ2v) is 5.55. The third-order valence-corrected chi connectivity index (χ3v) is 3.57. The third-order valence-electron chi connectivity index (χ3n) is 3.57. The number of hydrogen-bond donors (Lipinski definition) is 2.